The van der Waals surface area contributed by atoms with E-state index in [1.807, 2.05) is 44.0 Å². The Bertz CT molecular complexity index is 648. The fourth-order valence-electron chi connectivity index (χ4n) is 4.08. The Morgan fingerprint density at radius 1 is 1.19 bits per heavy atom. The van der Waals surface area contributed by atoms with Crippen molar-refractivity contribution in [3.05, 3.63) is 23.9 Å². The highest BCUT2D eigenvalue weighted by Crippen LogP contribution is 2.32. The number of rotatable bonds is 4. The number of carbonyl (C=O) groups excluding carboxylic acids is 2. The maximum absolute atomic E-state index is 12.8. The van der Waals surface area contributed by atoms with E-state index < -0.39 is 5.60 Å². The van der Waals surface area contributed by atoms with E-state index in [9.17, 15) is 9.59 Å². The van der Waals surface area contributed by atoms with Crippen LogP contribution in [0.15, 0.2) is 18.3 Å². The van der Waals surface area contributed by atoms with Crippen LogP contribution in [0.25, 0.3) is 0 Å². The normalized spacial score (nSPS) is 21.1. The lowest BCUT2D eigenvalue weighted by atomic mass is 9.97. The average molecular weight is 373 g/mol. The first-order valence-corrected chi connectivity index (χ1v) is 10.1. The lowest BCUT2D eigenvalue weighted by Gasteiger charge is -2.33. The Balaban J connectivity index is 1.82. The Labute approximate surface area is 161 Å². The summed E-state index contributed by atoms with van der Waals surface area (Å²) >= 11 is 0. The first kappa shape index (κ1) is 19.6. The summed E-state index contributed by atoms with van der Waals surface area (Å²) in [5.41, 5.74) is 0.488. The van der Waals surface area contributed by atoms with Gasteiger partial charge in [-0.15, -0.1) is 0 Å². The first-order valence-electron chi connectivity index (χ1n) is 10.1. The molecule has 0 bridgehead atoms. The zero-order valence-corrected chi connectivity index (χ0v) is 16.7. The maximum Gasteiger partial charge on any atom is 0.416 e. The van der Waals surface area contributed by atoms with Gasteiger partial charge in [0, 0.05) is 18.8 Å². The van der Waals surface area contributed by atoms with Gasteiger partial charge in [-0.2, -0.15) is 0 Å². The number of hydrogen-bond acceptors (Lipinski definition) is 4. The Morgan fingerprint density at radius 3 is 2.48 bits per heavy atom. The van der Waals surface area contributed by atoms with Gasteiger partial charge in [0.05, 0.1) is 6.04 Å². The molecule has 0 radical (unpaired) electrons. The van der Waals surface area contributed by atoms with E-state index in [1.165, 1.54) is 0 Å². The molecule has 27 heavy (non-hydrogen) atoms. The van der Waals surface area contributed by atoms with Crippen molar-refractivity contribution in [3.63, 3.8) is 0 Å². The Hall–Kier alpha value is -2.11. The predicted molar refractivity (Wildman–Crippen MR) is 105 cm³/mol. The van der Waals surface area contributed by atoms with Crippen LogP contribution in [0.3, 0.4) is 0 Å². The van der Waals surface area contributed by atoms with Gasteiger partial charge >= 0.3 is 6.09 Å². The molecule has 1 saturated heterocycles. The first-order chi connectivity index (χ1) is 12.9. The molecule has 2 aliphatic rings. The molecule has 1 aliphatic heterocycles. The van der Waals surface area contributed by atoms with Gasteiger partial charge < -0.3 is 9.64 Å². The monoisotopic (exact) mass is 373 g/mol. The van der Waals surface area contributed by atoms with Crippen LogP contribution < -0.4 is 4.90 Å². The van der Waals surface area contributed by atoms with Crippen LogP contribution in [-0.4, -0.2) is 40.6 Å². The second kappa shape index (κ2) is 8.28. The second-order valence-corrected chi connectivity index (χ2v) is 8.59. The molecule has 1 aromatic heterocycles. The molecule has 6 nitrogen and oxygen atoms in total. The third kappa shape index (κ3) is 4.79. The van der Waals surface area contributed by atoms with E-state index in [0.29, 0.717) is 5.82 Å². The van der Waals surface area contributed by atoms with Crippen molar-refractivity contribution >= 4 is 18.3 Å². The zero-order chi connectivity index (χ0) is 19.4. The molecule has 1 atom stereocenters. The predicted octanol–water partition coefficient (Wildman–Crippen LogP) is 4.45. The summed E-state index contributed by atoms with van der Waals surface area (Å²) in [5.74, 6) is 0.633. The van der Waals surface area contributed by atoms with Crippen LogP contribution >= 0.6 is 0 Å². The Kier molecular flexibility index (Phi) is 6.02. The highest BCUT2D eigenvalue weighted by molar-refractivity contribution is 5.87. The number of anilines is 1. The van der Waals surface area contributed by atoms with Crippen LogP contribution in [0.4, 0.5) is 10.6 Å². The van der Waals surface area contributed by atoms with Crippen molar-refractivity contribution in [1.82, 2.24) is 9.88 Å². The summed E-state index contributed by atoms with van der Waals surface area (Å²) in [6, 6.07) is 4.12. The number of ether oxygens (including phenoxy) is 1. The van der Waals surface area contributed by atoms with E-state index in [4.69, 9.17) is 4.74 Å². The minimum atomic E-state index is -0.541. The SMILES string of the molecule is CC(C)(C)OC(=O)N(c1ccc([C@@H]2CCCCN2C=O)cn1)C1CCCC1. The number of hydrogen-bond donors (Lipinski definition) is 0. The van der Waals surface area contributed by atoms with Crippen molar-refractivity contribution < 1.29 is 14.3 Å². The van der Waals surface area contributed by atoms with Gasteiger partial charge in [0.15, 0.2) is 0 Å². The summed E-state index contributed by atoms with van der Waals surface area (Å²) in [4.78, 5) is 32.4. The van der Waals surface area contributed by atoms with Crippen molar-refractivity contribution in [2.75, 3.05) is 11.4 Å². The standard InChI is InChI=1S/C21H31N3O3/c1-21(2,3)27-20(26)24(17-8-4-5-9-17)19-12-11-16(14-22-19)18-10-6-7-13-23(18)15-25/h11-12,14-15,17-18H,4-10,13H2,1-3H3/t18-/m0/s1. The van der Waals surface area contributed by atoms with Crippen LogP contribution in [-0.2, 0) is 9.53 Å². The molecule has 6 heteroatoms. The largest absolute Gasteiger partial charge is 0.443 e. The fraction of sp³-hybridized carbons (Fsp3) is 0.667. The van der Waals surface area contributed by atoms with E-state index in [0.717, 1.165) is 63.5 Å². The van der Waals surface area contributed by atoms with Crippen LogP contribution in [0.2, 0.25) is 0 Å². The molecule has 2 amide bonds. The van der Waals surface area contributed by atoms with E-state index in [1.54, 1.807) is 4.90 Å². The van der Waals surface area contributed by atoms with Crippen molar-refractivity contribution in [2.24, 2.45) is 0 Å². The van der Waals surface area contributed by atoms with Gasteiger partial charge in [0.25, 0.3) is 0 Å². The average Bonchev–Trinajstić information content (AvgIpc) is 3.15. The molecule has 2 heterocycles. The van der Waals surface area contributed by atoms with Gasteiger partial charge in [-0.25, -0.2) is 9.78 Å². The van der Waals surface area contributed by atoms with Crippen LogP contribution in [0.1, 0.15) is 77.3 Å². The smallest absolute Gasteiger partial charge is 0.416 e. The van der Waals surface area contributed by atoms with Gasteiger partial charge in [-0.1, -0.05) is 18.9 Å². The number of aromatic nitrogens is 1. The number of amides is 2. The number of nitrogens with zero attached hydrogens (tertiary/aromatic N) is 3. The topological polar surface area (TPSA) is 62.7 Å². The summed E-state index contributed by atoms with van der Waals surface area (Å²) in [5, 5.41) is 0. The van der Waals surface area contributed by atoms with Gasteiger partial charge in [-0.05, 0) is 64.5 Å². The lowest BCUT2D eigenvalue weighted by Crippen LogP contribution is -2.43. The number of carbonyl (C=O) groups is 2. The number of pyridine rings is 1. The summed E-state index contributed by atoms with van der Waals surface area (Å²) in [7, 11) is 0. The molecule has 1 aromatic rings. The molecular weight excluding hydrogens is 342 g/mol. The zero-order valence-electron chi connectivity index (χ0n) is 16.7. The lowest BCUT2D eigenvalue weighted by molar-refractivity contribution is -0.121. The molecule has 148 valence electrons. The van der Waals surface area contributed by atoms with Gasteiger partial charge in [-0.3, -0.25) is 9.69 Å². The van der Waals surface area contributed by atoms with Crippen molar-refractivity contribution in [2.45, 2.75) is 83.4 Å². The molecule has 1 saturated carbocycles. The van der Waals surface area contributed by atoms with Crippen molar-refractivity contribution in [3.8, 4) is 0 Å². The molecular formula is C21H31N3O3. The number of piperidine rings is 1. The highest BCUT2D eigenvalue weighted by atomic mass is 16.6. The van der Waals surface area contributed by atoms with E-state index >= 15 is 0 Å². The van der Waals surface area contributed by atoms with Crippen LogP contribution in [0.5, 0.6) is 0 Å². The van der Waals surface area contributed by atoms with Crippen molar-refractivity contribution in [1.29, 1.82) is 0 Å². The van der Waals surface area contributed by atoms with E-state index in [2.05, 4.69) is 4.98 Å². The van der Waals surface area contributed by atoms with Gasteiger partial charge in [0.1, 0.15) is 11.4 Å². The highest BCUT2D eigenvalue weighted by Gasteiger charge is 2.32. The fourth-order valence-corrected chi connectivity index (χ4v) is 4.08. The quantitative estimate of drug-likeness (QED) is 0.732. The minimum Gasteiger partial charge on any atom is -0.443 e. The third-order valence-electron chi connectivity index (χ3n) is 5.36. The molecule has 2 fully saturated rings. The minimum absolute atomic E-state index is 0.0826. The molecule has 0 aromatic carbocycles. The number of likely N-dealkylation sites (tertiary alicyclic amines) is 1. The Morgan fingerprint density at radius 2 is 1.89 bits per heavy atom. The van der Waals surface area contributed by atoms with Crippen LogP contribution in [0, 0.1) is 0 Å². The third-order valence-corrected chi connectivity index (χ3v) is 5.36. The van der Waals surface area contributed by atoms with E-state index in [-0.39, 0.29) is 18.2 Å². The summed E-state index contributed by atoms with van der Waals surface area (Å²) < 4.78 is 5.64. The molecule has 0 spiro atoms. The molecule has 1 aliphatic carbocycles. The summed E-state index contributed by atoms with van der Waals surface area (Å²) in [6.45, 7) is 6.43. The maximum atomic E-state index is 12.8. The summed E-state index contributed by atoms with van der Waals surface area (Å²) in [6.07, 6.45) is 9.74. The molecule has 0 N–H and O–H groups in total. The molecule has 0 unspecified atom stereocenters. The molecule has 3 rings (SSSR count). The van der Waals surface area contributed by atoms with Gasteiger partial charge in [0.2, 0.25) is 6.41 Å². The second-order valence-electron chi connectivity index (χ2n) is 8.59.